The molecule has 2 saturated heterocycles. The Balaban J connectivity index is 1.15. The number of hydrogen-bond donors (Lipinski definition) is 3. The number of thiazole rings is 1. The molecule has 3 heterocycles. The second-order valence-electron chi connectivity index (χ2n) is 16.6. The summed E-state index contributed by atoms with van der Waals surface area (Å²) < 4.78 is 5.49. The number of aliphatic hydroxyl groups is 1. The Morgan fingerprint density at radius 2 is 1.58 bits per heavy atom. The highest BCUT2D eigenvalue weighted by Crippen LogP contribution is 2.28. The predicted molar refractivity (Wildman–Crippen MR) is 208 cm³/mol. The van der Waals surface area contributed by atoms with Gasteiger partial charge >= 0.3 is 6.09 Å². The van der Waals surface area contributed by atoms with Crippen LogP contribution in [-0.2, 0) is 25.7 Å². The summed E-state index contributed by atoms with van der Waals surface area (Å²) in [5.41, 5.74) is 3.73. The van der Waals surface area contributed by atoms with Gasteiger partial charge in [0.15, 0.2) is 0 Å². The van der Waals surface area contributed by atoms with Gasteiger partial charge in [0.05, 0.1) is 22.2 Å². The lowest BCUT2D eigenvalue weighted by molar-refractivity contribution is -0.144. The van der Waals surface area contributed by atoms with Crippen molar-refractivity contribution in [3.8, 4) is 10.4 Å². The maximum atomic E-state index is 13.9. The lowest BCUT2D eigenvalue weighted by atomic mass is 9.85. The number of piperazine rings is 1. The van der Waals surface area contributed by atoms with Crippen molar-refractivity contribution in [2.45, 2.75) is 130 Å². The van der Waals surface area contributed by atoms with Gasteiger partial charge in [-0.3, -0.25) is 19.3 Å². The average Bonchev–Trinajstić information content (AvgIpc) is 3.71. The number of benzene rings is 1. The average molecular weight is 755 g/mol. The van der Waals surface area contributed by atoms with Gasteiger partial charge in [0.1, 0.15) is 17.7 Å². The van der Waals surface area contributed by atoms with Crippen molar-refractivity contribution in [2.75, 3.05) is 39.3 Å². The summed E-state index contributed by atoms with van der Waals surface area (Å²) in [6.07, 6.45) is 5.47. The predicted octanol–water partition coefficient (Wildman–Crippen LogP) is 5.51. The fraction of sp³-hybridized carbons (Fsp3) is 0.675. The van der Waals surface area contributed by atoms with Gasteiger partial charge in [-0.1, -0.05) is 70.7 Å². The fourth-order valence-corrected chi connectivity index (χ4v) is 7.63. The molecule has 0 unspecified atom stereocenters. The van der Waals surface area contributed by atoms with Crippen molar-refractivity contribution in [1.29, 1.82) is 0 Å². The second-order valence-corrected chi connectivity index (χ2v) is 17.5. The minimum absolute atomic E-state index is 0.0462. The van der Waals surface area contributed by atoms with Crippen molar-refractivity contribution >= 4 is 35.2 Å². The number of aryl methyl sites for hydroxylation is 1. The first kappa shape index (κ1) is 42.2. The van der Waals surface area contributed by atoms with E-state index in [0.717, 1.165) is 79.9 Å². The minimum atomic E-state index is -0.829. The van der Waals surface area contributed by atoms with E-state index in [-0.39, 0.29) is 36.8 Å². The largest absolute Gasteiger partial charge is 0.444 e. The molecule has 1 aromatic carbocycles. The molecule has 294 valence electrons. The Morgan fingerprint density at radius 3 is 2.19 bits per heavy atom. The summed E-state index contributed by atoms with van der Waals surface area (Å²) in [6, 6.07) is 6.30. The van der Waals surface area contributed by atoms with Crippen molar-refractivity contribution < 1.29 is 29.0 Å². The smallest absolute Gasteiger partial charge is 0.410 e. The number of carbonyl (C=O) groups is 4. The summed E-state index contributed by atoms with van der Waals surface area (Å²) in [5, 5.41) is 16.4. The molecule has 0 bridgehead atoms. The Hall–Kier alpha value is -3.55. The number of hydrogen-bond acceptors (Lipinski definition) is 9. The van der Waals surface area contributed by atoms with Crippen LogP contribution in [0.15, 0.2) is 29.8 Å². The van der Waals surface area contributed by atoms with Crippen molar-refractivity contribution in [2.24, 2.45) is 5.41 Å². The van der Waals surface area contributed by atoms with Crippen molar-refractivity contribution in [3.05, 3.63) is 41.0 Å². The molecule has 2 aliphatic heterocycles. The van der Waals surface area contributed by atoms with Gasteiger partial charge in [-0.05, 0) is 63.6 Å². The Labute approximate surface area is 320 Å². The highest BCUT2D eigenvalue weighted by molar-refractivity contribution is 7.13. The summed E-state index contributed by atoms with van der Waals surface area (Å²) >= 11 is 1.59. The van der Waals surface area contributed by atoms with E-state index in [1.54, 1.807) is 16.2 Å². The molecule has 2 aliphatic rings. The summed E-state index contributed by atoms with van der Waals surface area (Å²) in [7, 11) is 0. The molecule has 53 heavy (non-hydrogen) atoms. The summed E-state index contributed by atoms with van der Waals surface area (Å²) in [5.74, 6) is -0.850. The number of likely N-dealkylation sites (tertiary alicyclic amines) is 1. The molecular weight excluding hydrogens is 693 g/mol. The zero-order valence-electron chi connectivity index (χ0n) is 32.9. The van der Waals surface area contributed by atoms with Gasteiger partial charge in [0.25, 0.3) is 0 Å². The molecule has 3 atom stereocenters. The lowest BCUT2D eigenvalue weighted by Crippen LogP contribution is -2.57. The minimum Gasteiger partial charge on any atom is -0.444 e. The first-order valence-corrected chi connectivity index (χ1v) is 20.1. The number of nitrogens with one attached hydrogen (secondary N) is 2. The van der Waals surface area contributed by atoms with Crippen LogP contribution in [0, 0.1) is 12.3 Å². The Bertz CT molecular complexity index is 1510. The van der Waals surface area contributed by atoms with Crippen molar-refractivity contribution in [1.82, 2.24) is 30.3 Å². The quantitative estimate of drug-likeness (QED) is 0.202. The third-order valence-corrected chi connectivity index (χ3v) is 10.8. The molecule has 13 heteroatoms. The first-order valence-electron chi connectivity index (χ1n) is 19.3. The molecule has 4 rings (SSSR count). The van der Waals surface area contributed by atoms with Crippen LogP contribution in [0.25, 0.3) is 10.4 Å². The molecule has 3 N–H and O–H groups in total. The maximum Gasteiger partial charge on any atom is 0.410 e. The number of ether oxygens (including phenoxy) is 1. The normalized spacial score (nSPS) is 18.9. The van der Waals surface area contributed by atoms with Crippen LogP contribution in [0.4, 0.5) is 4.79 Å². The second kappa shape index (κ2) is 19.2. The third kappa shape index (κ3) is 13.1. The Kier molecular flexibility index (Phi) is 15.3. The van der Waals surface area contributed by atoms with E-state index < -0.39 is 29.2 Å². The van der Waals surface area contributed by atoms with Crippen molar-refractivity contribution in [3.63, 3.8) is 0 Å². The summed E-state index contributed by atoms with van der Waals surface area (Å²) in [4.78, 5) is 63.7. The van der Waals surface area contributed by atoms with Crippen LogP contribution in [-0.4, -0.2) is 112 Å². The van der Waals surface area contributed by atoms with E-state index in [9.17, 15) is 24.3 Å². The number of unbranched alkanes of at least 4 members (excludes halogenated alkanes) is 5. The van der Waals surface area contributed by atoms with Gasteiger partial charge in [-0.25, -0.2) is 9.78 Å². The summed E-state index contributed by atoms with van der Waals surface area (Å²) in [6.45, 7) is 17.8. The van der Waals surface area contributed by atoms with Crippen LogP contribution in [0.1, 0.15) is 104 Å². The molecule has 0 saturated carbocycles. The van der Waals surface area contributed by atoms with Crippen LogP contribution in [0.5, 0.6) is 0 Å². The molecule has 2 fully saturated rings. The van der Waals surface area contributed by atoms with Gasteiger partial charge in [0, 0.05) is 52.1 Å². The van der Waals surface area contributed by atoms with E-state index in [0.29, 0.717) is 26.1 Å². The van der Waals surface area contributed by atoms with Gasteiger partial charge in [0.2, 0.25) is 17.7 Å². The monoisotopic (exact) mass is 754 g/mol. The number of carbonyl (C=O) groups excluding carboxylic acids is 4. The fourth-order valence-electron chi connectivity index (χ4n) is 6.82. The lowest BCUT2D eigenvalue weighted by Gasteiger charge is -2.35. The number of aromatic nitrogens is 1. The molecule has 2 aromatic rings. The molecule has 0 spiro atoms. The Morgan fingerprint density at radius 1 is 0.943 bits per heavy atom. The van der Waals surface area contributed by atoms with E-state index >= 15 is 0 Å². The number of rotatable bonds is 15. The molecule has 4 amide bonds. The highest BCUT2D eigenvalue weighted by atomic mass is 32.1. The maximum absolute atomic E-state index is 13.9. The van der Waals surface area contributed by atoms with Crippen LogP contribution in [0.3, 0.4) is 0 Å². The van der Waals surface area contributed by atoms with Crippen LogP contribution < -0.4 is 10.6 Å². The zero-order valence-corrected chi connectivity index (χ0v) is 33.7. The molecule has 1 aromatic heterocycles. The van der Waals surface area contributed by atoms with Gasteiger partial charge < -0.3 is 30.3 Å². The number of amides is 4. The van der Waals surface area contributed by atoms with Gasteiger partial charge in [-0.2, -0.15) is 0 Å². The number of aliphatic hydroxyl groups excluding tert-OH is 1. The third-order valence-electron chi connectivity index (χ3n) is 9.86. The molecular formula is C40H62N6O6S. The number of β-amino-alcohol motifs (C(OH)–C–C–N with tert-alkyl or cyclic N) is 1. The number of nitrogens with zero attached hydrogens (tertiary/aromatic N) is 4. The van der Waals surface area contributed by atoms with E-state index in [1.165, 1.54) is 4.90 Å². The highest BCUT2D eigenvalue weighted by Gasteiger charge is 2.44. The SMILES string of the molecule is Cc1ncsc1-c1ccc(CNC(=O)[C@@H]2C[C@@H](O)CN2C(=O)[C@@H](NC(=O)CCCCCCCCN2CCN(C(=O)OC(C)(C)C)CC2)C(C)(C)C)cc1. The first-order chi connectivity index (χ1) is 25.0. The topological polar surface area (TPSA) is 144 Å². The molecule has 0 radical (unpaired) electrons. The van der Waals surface area contributed by atoms with Gasteiger partial charge in [-0.15, -0.1) is 11.3 Å². The van der Waals surface area contributed by atoms with E-state index in [1.807, 2.05) is 78.2 Å². The van der Waals surface area contributed by atoms with Crippen LogP contribution in [0.2, 0.25) is 0 Å². The van der Waals surface area contributed by atoms with E-state index in [4.69, 9.17) is 4.74 Å². The molecule has 12 nitrogen and oxygen atoms in total. The molecule has 0 aliphatic carbocycles. The van der Waals surface area contributed by atoms with Crippen LogP contribution >= 0.6 is 11.3 Å². The van der Waals surface area contributed by atoms with E-state index in [2.05, 4.69) is 20.5 Å². The zero-order chi connectivity index (χ0) is 38.8. The standard InChI is InChI=1S/C40H62N6O6S/c1-28-34(53-27-42-28)30-17-15-29(16-18-30)25-41-36(49)32-24-31(47)26-46(32)37(50)35(39(2,3)4)43-33(48)14-12-10-8-9-11-13-19-44-20-22-45(23-21-44)38(51)52-40(5,6)7/h15-18,27,31-32,35,47H,8-14,19-26H2,1-7H3,(H,41,49)(H,43,48)/t31-,32+,35-/m1/s1.